The molecule has 0 radical (unpaired) electrons. The van der Waals surface area contributed by atoms with Crippen LogP contribution in [0, 0.1) is 0 Å². The van der Waals surface area contributed by atoms with Crippen LogP contribution in [0.4, 0.5) is 0 Å². The topological polar surface area (TPSA) is 18.5 Å². The monoisotopic (exact) mass is 500 g/mol. The van der Waals surface area contributed by atoms with Crippen molar-refractivity contribution in [1.82, 2.24) is 0 Å². The van der Waals surface area contributed by atoms with Crippen molar-refractivity contribution in [2.24, 2.45) is 0 Å². The molecule has 0 aliphatic carbocycles. The molecule has 2 heterocycles. The minimum Gasteiger partial charge on any atom is -0.457 e. The van der Waals surface area contributed by atoms with Crippen LogP contribution >= 0.6 is 0 Å². The SMILES string of the molecule is c1ccc(-c2cccc3c2Oc2cccc(-c4ccccc4)c2C32c3ccccc3Oc3ccccc32)cc1. The molecule has 0 unspecified atom stereocenters. The van der Waals surface area contributed by atoms with E-state index in [0.717, 1.165) is 67.5 Å². The van der Waals surface area contributed by atoms with Gasteiger partial charge in [0.1, 0.15) is 23.0 Å². The molecule has 39 heavy (non-hydrogen) atoms. The molecular weight excluding hydrogens is 476 g/mol. The Morgan fingerprint density at radius 3 is 1.51 bits per heavy atom. The quantitative estimate of drug-likeness (QED) is 0.235. The van der Waals surface area contributed by atoms with Crippen LogP contribution in [0.5, 0.6) is 23.0 Å². The van der Waals surface area contributed by atoms with E-state index in [2.05, 4.69) is 127 Å². The van der Waals surface area contributed by atoms with E-state index in [-0.39, 0.29) is 0 Å². The van der Waals surface area contributed by atoms with Gasteiger partial charge in [-0.25, -0.2) is 0 Å². The Morgan fingerprint density at radius 1 is 0.359 bits per heavy atom. The highest BCUT2D eigenvalue weighted by Crippen LogP contribution is 2.64. The van der Waals surface area contributed by atoms with E-state index >= 15 is 0 Å². The van der Waals surface area contributed by atoms with E-state index in [1.54, 1.807) is 0 Å². The van der Waals surface area contributed by atoms with E-state index < -0.39 is 5.41 Å². The molecule has 0 amide bonds. The van der Waals surface area contributed by atoms with Crippen LogP contribution in [0.2, 0.25) is 0 Å². The highest BCUT2D eigenvalue weighted by atomic mass is 16.5. The highest BCUT2D eigenvalue weighted by Gasteiger charge is 2.52. The summed E-state index contributed by atoms with van der Waals surface area (Å²) in [5, 5.41) is 0. The van der Waals surface area contributed by atoms with Crippen molar-refractivity contribution < 1.29 is 9.47 Å². The Morgan fingerprint density at radius 2 is 0.846 bits per heavy atom. The number of hydrogen-bond acceptors (Lipinski definition) is 2. The molecular formula is C37H24O2. The largest absolute Gasteiger partial charge is 0.457 e. The minimum atomic E-state index is -0.647. The Hall–Kier alpha value is -5.08. The first kappa shape index (κ1) is 22.0. The molecule has 184 valence electrons. The standard InChI is InChI=1S/C37H24O2/c1-3-13-25(14-4-1)27-17-12-24-34-35(27)37(29-19-7-9-22-32(29)38-33-23-10-8-20-30(33)37)31-21-11-18-28(36(31)39-34)26-15-5-2-6-16-26/h1-24H. The van der Waals surface area contributed by atoms with Gasteiger partial charge in [0.25, 0.3) is 0 Å². The van der Waals surface area contributed by atoms with Crippen LogP contribution < -0.4 is 9.47 Å². The first-order valence-electron chi connectivity index (χ1n) is 13.3. The molecule has 2 heteroatoms. The third-order valence-electron chi connectivity index (χ3n) is 8.00. The van der Waals surface area contributed by atoms with Gasteiger partial charge in [0.05, 0.1) is 5.41 Å². The van der Waals surface area contributed by atoms with E-state index in [9.17, 15) is 0 Å². The fraction of sp³-hybridized carbons (Fsp3) is 0.0270. The number of para-hydroxylation sites is 3. The lowest BCUT2D eigenvalue weighted by atomic mass is 9.60. The van der Waals surface area contributed by atoms with Gasteiger partial charge in [0, 0.05) is 27.8 Å². The van der Waals surface area contributed by atoms with Gasteiger partial charge in [0.15, 0.2) is 0 Å². The Balaban J connectivity index is 1.57. The summed E-state index contributed by atoms with van der Waals surface area (Å²) >= 11 is 0. The van der Waals surface area contributed by atoms with Crippen LogP contribution in [0.1, 0.15) is 22.3 Å². The average Bonchev–Trinajstić information content (AvgIpc) is 3.01. The summed E-state index contributed by atoms with van der Waals surface area (Å²) in [6.45, 7) is 0. The van der Waals surface area contributed by atoms with Gasteiger partial charge >= 0.3 is 0 Å². The van der Waals surface area contributed by atoms with Crippen molar-refractivity contribution in [3.63, 3.8) is 0 Å². The first-order chi connectivity index (χ1) is 19.4. The summed E-state index contributed by atoms with van der Waals surface area (Å²) in [4.78, 5) is 0. The van der Waals surface area contributed by atoms with Crippen LogP contribution in [0.3, 0.4) is 0 Å². The van der Waals surface area contributed by atoms with Crippen molar-refractivity contribution in [3.8, 4) is 45.3 Å². The predicted molar refractivity (Wildman–Crippen MR) is 156 cm³/mol. The summed E-state index contributed by atoms with van der Waals surface area (Å²) in [7, 11) is 0. The number of benzene rings is 6. The Kier molecular flexibility index (Phi) is 4.77. The molecule has 0 N–H and O–H groups in total. The minimum absolute atomic E-state index is 0.647. The van der Waals surface area contributed by atoms with Crippen molar-refractivity contribution in [3.05, 3.63) is 168 Å². The molecule has 2 nitrogen and oxygen atoms in total. The van der Waals surface area contributed by atoms with Crippen molar-refractivity contribution >= 4 is 0 Å². The summed E-state index contributed by atoms with van der Waals surface area (Å²) in [5.41, 5.74) is 8.33. The summed E-state index contributed by atoms with van der Waals surface area (Å²) in [6, 6.07) is 51.0. The smallest absolute Gasteiger partial charge is 0.140 e. The zero-order chi connectivity index (χ0) is 25.8. The first-order valence-corrected chi connectivity index (χ1v) is 13.3. The molecule has 0 atom stereocenters. The van der Waals surface area contributed by atoms with Crippen LogP contribution in [0.15, 0.2) is 146 Å². The molecule has 6 aromatic rings. The molecule has 2 aliphatic heterocycles. The molecule has 0 aromatic heterocycles. The molecule has 8 rings (SSSR count). The number of rotatable bonds is 2. The molecule has 0 fully saturated rings. The summed E-state index contributed by atoms with van der Waals surface area (Å²) in [6.07, 6.45) is 0. The second-order valence-electron chi connectivity index (χ2n) is 10.0. The summed E-state index contributed by atoms with van der Waals surface area (Å²) < 4.78 is 13.5. The maximum Gasteiger partial charge on any atom is 0.140 e. The normalized spacial score (nSPS) is 13.7. The van der Waals surface area contributed by atoms with Gasteiger partial charge in [-0.2, -0.15) is 0 Å². The third kappa shape index (κ3) is 3.09. The van der Waals surface area contributed by atoms with Gasteiger partial charge in [-0.15, -0.1) is 0 Å². The molecule has 0 saturated carbocycles. The molecule has 0 bridgehead atoms. The predicted octanol–water partition coefficient (Wildman–Crippen LogP) is 9.61. The number of fused-ring (bicyclic) bond motifs is 8. The Bertz CT molecular complexity index is 1810. The fourth-order valence-corrected chi connectivity index (χ4v) is 6.45. The lowest BCUT2D eigenvalue weighted by Gasteiger charge is -2.46. The zero-order valence-corrected chi connectivity index (χ0v) is 21.2. The Labute approximate surface area is 227 Å². The van der Waals surface area contributed by atoms with Crippen LogP contribution in [-0.4, -0.2) is 0 Å². The zero-order valence-electron chi connectivity index (χ0n) is 21.2. The lowest BCUT2D eigenvalue weighted by molar-refractivity contribution is 0.401. The maximum atomic E-state index is 6.94. The van der Waals surface area contributed by atoms with E-state index in [4.69, 9.17) is 9.47 Å². The molecule has 6 aromatic carbocycles. The number of hydrogen-bond donors (Lipinski definition) is 0. The van der Waals surface area contributed by atoms with Crippen molar-refractivity contribution in [2.45, 2.75) is 5.41 Å². The molecule has 1 spiro atoms. The van der Waals surface area contributed by atoms with Crippen LogP contribution in [0.25, 0.3) is 22.3 Å². The lowest BCUT2D eigenvalue weighted by Crippen LogP contribution is -2.37. The third-order valence-corrected chi connectivity index (χ3v) is 8.00. The van der Waals surface area contributed by atoms with Gasteiger partial charge in [0.2, 0.25) is 0 Å². The average molecular weight is 501 g/mol. The maximum absolute atomic E-state index is 6.94. The second kappa shape index (κ2) is 8.47. The molecule has 0 saturated heterocycles. The van der Waals surface area contributed by atoms with E-state index in [1.807, 2.05) is 18.2 Å². The fourth-order valence-electron chi connectivity index (χ4n) is 6.45. The molecule has 2 aliphatic rings. The second-order valence-corrected chi connectivity index (χ2v) is 10.0. The highest BCUT2D eigenvalue weighted by molar-refractivity contribution is 5.86. The van der Waals surface area contributed by atoms with Gasteiger partial charge in [-0.05, 0) is 34.9 Å². The van der Waals surface area contributed by atoms with Crippen LogP contribution in [-0.2, 0) is 5.41 Å². The number of ether oxygens (including phenoxy) is 2. The van der Waals surface area contributed by atoms with E-state index in [0.29, 0.717) is 0 Å². The van der Waals surface area contributed by atoms with Crippen molar-refractivity contribution in [2.75, 3.05) is 0 Å². The van der Waals surface area contributed by atoms with Gasteiger partial charge in [-0.3, -0.25) is 0 Å². The summed E-state index contributed by atoms with van der Waals surface area (Å²) in [5.74, 6) is 3.47. The van der Waals surface area contributed by atoms with E-state index in [1.165, 1.54) is 0 Å². The van der Waals surface area contributed by atoms with Gasteiger partial charge < -0.3 is 9.47 Å². The van der Waals surface area contributed by atoms with Gasteiger partial charge in [-0.1, -0.05) is 127 Å². The van der Waals surface area contributed by atoms with Crippen molar-refractivity contribution in [1.29, 1.82) is 0 Å².